The van der Waals surface area contributed by atoms with Crippen molar-refractivity contribution < 1.29 is 0 Å². The van der Waals surface area contributed by atoms with Crippen LogP contribution in [-0.2, 0) is 27.1 Å². The number of benzene rings is 8. The highest BCUT2D eigenvalue weighted by molar-refractivity contribution is 7.00. The van der Waals surface area contributed by atoms with Gasteiger partial charge in [-0.2, -0.15) is 0 Å². The summed E-state index contributed by atoms with van der Waals surface area (Å²) in [6.45, 7) is 35.7. The molecular formula is C68H65BN2. The molecule has 0 N–H and O–H groups in total. The Labute approximate surface area is 420 Å². The molecule has 2 nitrogen and oxygen atoms in total. The first-order valence-corrected chi connectivity index (χ1v) is 26.3. The van der Waals surface area contributed by atoms with Gasteiger partial charge in [-0.05, 0) is 168 Å². The average Bonchev–Trinajstić information content (AvgIpc) is 3.92. The summed E-state index contributed by atoms with van der Waals surface area (Å²) < 4.78 is 5.57. The van der Waals surface area contributed by atoms with Crippen LogP contribution in [0.3, 0.4) is 0 Å². The molecule has 3 aliphatic heterocycles. The van der Waals surface area contributed by atoms with Gasteiger partial charge in [0.25, 0.3) is 6.71 Å². The van der Waals surface area contributed by atoms with Gasteiger partial charge in [-0.25, -0.2) is 0 Å². The molecule has 8 aromatic carbocycles. The second-order valence-corrected chi connectivity index (χ2v) is 26.4. The molecule has 1 spiro atoms. The normalized spacial score (nSPS) is 15.1. The molecule has 10 aromatic rings. The zero-order chi connectivity index (χ0) is 49.5. The lowest BCUT2D eigenvalue weighted by Gasteiger charge is -2.45. The van der Waals surface area contributed by atoms with Crippen LogP contribution in [0.5, 0.6) is 0 Å². The maximum atomic E-state index is 2.81. The van der Waals surface area contributed by atoms with Crippen molar-refractivity contribution in [1.82, 2.24) is 9.13 Å². The average molecular weight is 921 g/mol. The topological polar surface area (TPSA) is 9.86 Å². The molecule has 1 aliphatic carbocycles. The molecule has 0 bridgehead atoms. The molecule has 4 aliphatic rings. The van der Waals surface area contributed by atoms with Gasteiger partial charge in [0.1, 0.15) is 0 Å². The summed E-state index contributed by atoms with van der Waals surface area (Å²) >= 11 is 0. The Morgan fingerprint density at radius 3 is 1.42 bits per heavy atom. The SMILES string of the molecule is Cc1cc(C)c(-c2cc3c4c5c2-n2c6ccc(C(C)(C)C)cc6c6cc(C(C)(C)C)cc(c62)B5c2cc(C(C)(C)C)cc5c6cc(C(C)(C)C)cc(c6n-4c25)C32c3ccccc3-c3ccccc32)c(C)c1. The summed E-state index contributed by atoms with van der Waals surface area (Å²) in [5, 5.41) is 5.46. The Bertz CT molecular complexity index is 4050. The van der Waals surface area contributed by atoms with Crippen molar-refractivity contribution in [3.05, 3.63) is 183 Å². The van der Waals surface area contributed by atoms with E-state index in [0.717, 1.165) is 0 Å². The molecule has 0 saturated carbocycles. The van der Waals surface area contributed by atoms with Crippen molar-refractivity contribution in [2.45, 2.75) is 131 Å². The Balaban J connectivity index is 1.32. The highest BCUT2D eigenvalue weighted by Gasteiger charge is 2.55. The first kappa shape index (κ1) is 43.2. The first-order chi connectivity index (χ1) is 33.5. The maximum absolute atomic E-state index is 2.81. The largest absolute Gasteiger partial charge is 0.310 e. The number of nitrogens with zero attached hydrogens (tertiary/aromatic N) is 2. The predicted octanol–water partition coefficient (Wildman–Crippen LogP) is 15.5. The molecule has 0 fully saturated rings. The lowest BCUT2D eigenvalue weighted by Crippen LogP contribution is -2.61. The smallest absolute Gasteiger partial charge is 0.252 e. The summed E-state index contributed by atoms with van der Waals surface area (Å²) in [6.07, 6.45) is 0. The standard InChI is InChI=1S/C68H65BN2/c1-36-26-37(2)57(38(3)27-36)49-35-53-63-58-62(49)70-56-25-24-39(64(4,5)6)28-45(56)46-30-41(66(10,11)12)33-54(60(46)70)69(58)55-34-42(67(13,14)15)31-48-47-29-40(65(7,8)9)32-52(59(47)71(63)61(48)55)68(53)50-22-18-16-20-43(50)44-21-17-19-23-51(44)68/h16-35H,1-15H3. The molecule has 14 rings (SSSR count). The summed E-state index contributed by atoms with van der Waals surface area (Å²) in [6, 6.07) is 49.5. The summed E-state index contributed by atoms with van der Waals surface area (Å²) in [5.41, 5.74) is 31.9. The van der Waals surface area contributed by atoms with Crippen molar-refractivity contribution >= 4 is 66.7 Å². The summed E-state index contributed by atoms with van der Waals surface area (Å²) in [4.78, 5) is 0. The molecule has 0 saturated heterocycles. The maximum Gasteiger partial charge on any atom is 0.252 e. The van der Waals surface area contributed by atoms with Crippen LogP contribution in [0.1, 0.15) is 144 Å². The van der Waals surface area contributed by atoms with E-state index in [2.05, 4.69) is 234 Å². The Kier molecular flexibility index (Phi) is 8.09. The van der Waals surface area contributed by atoms with Crippen LogP contribution in [0.4, 0.5) is 0 Å². The lowest BCUT2D eigenvalue weighted by molar-refractivity contribution is 0.588. The van der Waals surface area contributed by atoms with Gasteiger partial charge < -0.3 is 9.13 Å². The molecule has 350 valence electrons. The van der Waals surface area contributed by atoms with Crippen molar-refractivity contribution in [3.63, 3.8) is 0 Å². The van der Waals surface area contributed by atoms with Crippen LogP contribution in [0, 0.1) is 20.8 Å². The van der Waals surface area contributed by atoms with Gasteiger partial charge in [-0.1, -0.05) is 174 Å². The second kappa shape index (κ2) is 13.3. The van der Waals surface area contributed by atoms with Gasteiger partial charge in [-0.15, -0.1) is 0 Å². The van der Waals surface area contributed by atoms with Crippen molar-refractivity contribution in [2.24, 2.45) is 0 Å². The molecule has 3 heteroatoms. The van der Waals surface area contributed by atoms with Gasteiger partial charge in [0, 0.05) is 43.8 Å². The van der Waals surface area contributed by atoms with Crippen molar-refractivity contribution in [2.75, 3.05) is 0 Å². The van der Waals surface area contributed by atoms with Crippen LogP contribution < -0.4 is 16.4 Å². The number of fused-ring (bicyclic) bond motifs is 14. The number of rotatable bonds is 1. The number of aryl methyl sites for hydroxylation is 3. The van der Waals surface area contributed by atoms with Gasteiger partial charge in [0.15, 0.2) is 0 Å². The fraction of sp³-hybridized carbons (Fsp3) is 0.294. The molecule has 71 heavy (non-hydrogen) atoms. The zero-order valence-electron chi connectivity index (χ0n) is 44.5. The number of aromatic nitrogens is 2. The monoisotopic (exact) mass is 921 g/mol. The molecule has 0 unspecified atom stereocenters. The quantitative estimate of drug-likeness (QED) is 0.145. The van der Waals surface area contributed by atoms with Crippen LogP contribution >= 0.6 is 0 Å². The molecule has 0 radical (unpaired) electrons. The van der Waals surface area contributed by atoms with Crippen LogP contribution in [-0.4, -0.2) is 15.8 Å². The van der Waals surface area contributed by atoms with Gasteiger partial charge in [-0.3, -0.25) is 0 Å². The molecule has 5 heterocycles. The third-order valence-corrected chi connectivity index (χ3v) is 17.7. The van der Waals surface area contributed by atoms with E-state index in [9.17, 15) is 0 Å². The fourth-order valence-electron chi connectivity index (χ4n) is 14.4. The minimum absolute atomic E-state index is 0.00663. The van der Waals surface area contributed by atoms with E-state index in [-0.39, 0.29) is 28.4 Å². The van der Waals surface area contributed by atoms with Crippen LogP contribution in [0.25, 0.3) is 77.2 Å². The van der Waals surface area contributed by atoms with E-state index >= 15 is 0 Å². The zero-order valence-corrected chi connectivity index (χ0v) is 44.5. The van der Waals surface area contributed by atoms with E-state index < -0.39 is 5.41 Å². The second-order valence-electron chi connectivity index (χ2n) is 26.4. The molecule has 0 atom stereocenters. The third-order valence-electron chi connectivity index (χ3n) is 17.7. The molecule has 2 aromatic heterocycles. The highest BCUT2D eigenvalue weighted by atomic mass is 15.1. The van der Waals surface area contributed by atoms with E-state index in [1.807, 2.05) is 0 Å². The number of hydrogen-bond acceptors (Lipinski definition) is 0. The highest BCUT2D eigenvalue weighted by Crippen LogP contribution is 2.63. The first-order valence-electron chi connectivity index (χ1n) is 26.3. The fourth-order valence-corrected chi connectivity index (χ4v) is 14.4. The van der Waals surface area contributed by atoms with Crippen molar-refractivity contribution in [1.29, 1.82) is 0 Å². The van der Waals surface area contributed by atoms with E-state index in [4.69, 9.17) is 0 Å². The van der Waals surface area contributed by atoms with Crippen LogP contribution in [0.15, 0.2) is 121 Å². The van der Waals surface area contributed by atoms with Crippen molar-refractivity contribution in [3.8, 4) is 33.6 Å². The van der Waals surface area contributed by atoms with Gasteiger partial charge in [0.2, 0.25) is 0 Å². The Hall–Kier alpha value is -6.58. The molecular weight excluding hydrogens is 856 g/mol. The lowest BCUT2D eigenvalue weighted by atomic mass is 9.33. The van der Waals surface area contributed by atoms with E-state index in [1.54, 1.807) is 0 Å². The molecule has 0 amide bonds. The Morgan fingerprint density at radius 2 is 0.873 bits per heavy atom. The number of hydrogen-bond donors (Lipinski definition) is 0. The minimum atomic E-state index is -0.596. The third kappa shape index (κ3) is 5.30. The van der Waals surface area contributed by atoms with E-state index in [0.29, 0.717) is 0 Å². The van der Waals surface area contributed by atoms with Gasteiger partial charge >= 0.3 is 0 Å². The van der Waals surface area contributed by atoms with E-state index in [1.165, 1.54) is 155 Å². The Morgan fingerprint density at radius 1 is 0.394 bits per heavy atom. The summed E-state index contributed by atoms with van der Waals surface area (Å²) in [7, 11) is 0. The summed E-state index contributed by atoms with van der Waals surface area (Å²) in [5.74, 6) is 0. The predicted molar refractivity (Wildman–Crippen MR) is 305 cm³/mol. The van der Waals surface area contributed by atoms with Gasteiger partial charge in [0.05, 0.1) is 22.1 Å². The minimum Gasteiger partial charge on any atom is -0.310 e. The van der Waals surface area contributed by atoms with Crippen LogP contribution in [0.2, 0.25) is 0 Å².